The Morgan fingerprint density at radius 3 is 2.43 bits per heavy atom. The molecule has 0 saturated carbocycles. The van der Waals surface area contributed by atoms with Gasteiger partial charge in [-0.15, -0.1) is 0 Å². The molecule has 142 valence electrons. The number of pyridine rings is 1. The number of anilines is 2. The van der Waals surface area contributed by atoms with E-state index in [1.807, 2.05) is 12.1 Å². The van der Waals surface area contributed by atoms with Gasteiger partial charge >= 0.3 is 0 Å². The Hall–Kier alpha value is -3.62. The summed E-state index contributed by atoms with van der Waals surface area (Å²) in [4.78, 5) is 37.8. The summed E-state index contributed by atoms with van der Waals surface area (Å²) >= 11 is 0. The average molecular weight is 376 g/mol. The van der Waals surface area contributed by atoms with E-state index in [9.17, 15) is 4.79 Å². The minimum Gasteiger partial charge on any atom is -0.350 e. The van der Waals surface area contributed by atoms with Crippen molar-refractivity contribution in [1.29, 1.82) is 0 Å². The number of hydrogen-bond acceptors (Lipinski definition) is 8. The summed E-state index contributed by atoms with van der Waals surface area (Å²) in [5.41, 5.74) is 1.45. The molecule has 1 N–H and O–H groups in total. The van der Waals surface area contributed by atoms with E-state index in [1.54, 1.807) is 48.0 Å². The molecule has 4 rings (SSSR count). The van der Waals surface area contributed by atoms with Crippen LogP contribution in [0.3, 0.4) is 0 Å². The fraction of sp³-hybridized carbons (Fsp3) is 0.263. The Morgan fingerprint density at radius 1 is 0.929 bits per heavy atom. The number of carbonyl (C=O) groups excluding carboxylic acids is 1. The SMILES string of the molecule is O=C(c1ccnc(NCc2ccncc2)n1)N1CCN(c2ncccn2)CC1. The number of carbonyl (C=O) groups is 1. The number of amides is 1. The first-order chi connectivity index (χ1) is 13.8. The lowest BCUT2D eigenvalue weighted by Gasteiger charge is -2.34. The van der Waals surface area contributed by atoms with Crippen LogP contribution < -0.4 is 10.2 Å². The number of rotatable bonds is 5. The number of nitrogens with one attached hydrogen (secondary N) is 1. The molecule has 1 fully saturated rings. The van der Waals surface area contributed by atoms with Crippen LogP contribution in [0.4, 0.5) is 11.9 Å². The van der Waals surface area contributed by atoms with Crippen LogP contribution in [-0.4, -0.2) is 61.9 Å². The Labute approximate surface area is 162 Å². The molecule has 1 aliphatic rings. The molecule has 1 saturated heterocycles. The third-order valence-corrected chi connectivity index (χ3v) is 4.48. The lowest BCUT2D eigenvalue weighted by atomic mass is 10.2. The second kappa shape index (κ2) is 8.38. The van der Waals surface area contributed by atoms with Gasteiger partial charge in [-0.25, -0.2) is 19.9 Å². The van der Waals surface area contributed by atoms with Crippen molar-refractivity contribution in [3.05, 3.63) is 66.5 Å². The van der Waals surface area contributed by atoms with Gasteiger partial charge in [0.1, 0.15) is 5.69 Å². The normalized spacial score (nSPS) is 14.0. The summed E-state index contributed by atoms with van der Waals surface area (Å²) in [5, 5.41) is 3.14. The first-order valence-electron chi connectivity index (χ1n) is 9.07. The van der Waals surface area contributed by atoms with Gasteiger partial charge in [-0.3, -0.25) is 9.78 Å². The van der Waals surface area contributed by atoms with Crippen LogP contribution in [0.15, 0.2) is 55.2 Å². The molecule has 1 amide bonds. The average Bonchev–Trinajstić information content (AvgIpc) is 2.79. The van der Waals surface area contributed by atoms with Gasteiger partial charge in [0.25, 0.3) is 5.91 Å². The van der Waals surface area contributed by atoms with Crippen molar-refractivity contribution in [3.63, 3.8) is 0 Å². The molecule has 0 aliphatic carbocycles. The number of hydrogen-bond donors (Lipinski definition) is 1. The van der Waals surface area contributed by atoms with Gasteiger partial charge in [-0.05, 0) is 29.8 Å². The number of nitrogens with zero attached hydrogens (tertiary/aromatic N) is 7. The molecule has 3 aromatic heterocycles. The van der Waals surface area contributed by atoms with Crippen molar-refractivity contribution in [2.24, 2.45) is 0 Å². The Balaban J connectivity index is 1.36. The highest BCUT2D eigenvalue weighted by molar-refractivity contribution is 5.92. The number of piperazine rings is 1. The first-order valence-corrected chi connectivity index (χ1v) is 9.07. The minimum atomic E-state index is -0.0945. The zero-order valence-corrected chi connectivity index (χ0v) is 15.3. The van der Waals surface area contributed by atoms with Gasteiger partial charge in [0.15, 0.2) is 0 Å². The molecule has 0 radical (unpaired) electrons. The highest BCUT2D eigenvalue weighted by Crippen LogP contribution is 2.12. The second-order valence-corrected chi connectivity index (χ2v) is 6.30. The molecule has 0 spiro atoms. The zero-order chi connectivity index (χ0) is 19.2. The van der Waals surface area contributed by atoms with E-state index in [2.05, 4.69) is 35.1 Å². The smallest absolute Gasteiger partial charge is 0.272 e. The van der Waals surface area contributed by atoms with E-state index in [0.717, 1.165) is 5.56 Å². The molecule has 1 aliphatic heterocycles. The number of aromatic nitrogens is 5. The van der Waals surface area contributed by atoms with Crippen LogP contribution in [0.2, 0.25) is 0 Å². The van der Waals surface area contributed by atoms with Crippen molar-refractivity contribution in [3.8, 4) is 0 Å². The van der Waals surface area contributed by atoms with Crippen molar-refractivity contribution < 1.29 is 4.79 Å². The molecule has 3 aromatic rings. The monoisotopic (exact) mass is 376 g/mol. The van der Waals surface area contributed by atoms with Gasteiger partial charge < -0.3 is 15.1 Å². The van der Waals surface area contributed by atoms with Crippen molar-refractivity contribution in [1.82, 2.24) is 29.8 Å². The van der Waals surface area contributed by atoms with E-state index in [-0.39, 0.29) is 5.91 Å². The molecule has 0 atom stereocenters. The van der Waals surface area contributed by atoms with Gasteiger partial charge in [0, 0.05) is 63.7 Å². The molecule has 0 bridgehead atoms. The van der Waals surface area contributed by atoms with Gasteiger partial charge in [0.05, 0.1) is 0 Å². The van der Waals surface area contributed by atoms with Crippen molar-refractivity contribution in [2.75, 3.05) is 36.4 Å². The summed E-state index contributed by atoms with van der Waals surface area (Å²) in [6.07, 6.45) is 8.52. The van der Waals surface area contributed by atoms with Crippen molar-refractivity contribution >= 4 is 17.8 Å². The fourth-order valence-corrected chi connectivity index (χ4v) is 2.97. The maximum Gasteiger partial charge on any atom is 0.272 e. The zero-order valence-electron chi connectivity index (χ0n) is 15.3. The van der Waals surface area contributed by atoms with Crippen molar-refractivity contribution in [2.45, 2.75) is 6.54 Å². The molecule has 0 aromatic carbocycles. The largest absolute Gasteiger partial charge is 0.350 e. The maximum atomic E-state index is 12.8. The highest BCUT2D eigenvalue weighted by Gasteiger charge is 2.24. The Bertz CT molecular complexity index is 913. The predicted octanol–water partition coefficient (Wildman–Crippen LogP) is 1.24. The van der Waals surface area contributed by atoms with E-state index in [0.29, 0.717) is 50.3 Å². The summed E-state index contributed by atoms with van der Waals surface area (Å²) in [6, 6.07) is 7.27. The fourth-order valence-electron chi connectivity index (χ4n) is 2.97. The van der Waals surface area contributed by atoms with Crippen LogP contribution in [0.1, 0.15) is 16.1 Å². The summed E-state index contributed by atoms with van der Waals surface area (Å²) < 4.78 is 0. The molecular weight excluding hydrogens is 356 g/mol. The molecule has 0 unspecified atom stereocenters. The quantitative estimate of drug-likeness (QED) is 0.710. The molecule has 4 heterocycles. The van der Waals surface area contributed by atoms with Crippen LogP contribution >= 0.6 is 0 Å². The maximum absolute atomic E-state index is 12.8. The highest BCUT2D eigenvalue weighted by atomic mass is 16.2. The summed E-state index contributed by atoms with van der Waals surface area (Å²) in [7, 11) is 0. The van der Waals surface area contributed by atoms with E-state index >= 15 is 0 Å². The predicted molar refractivity (Wildman–Crippen MR) is 104 cm³/mol. The topological polar surface area (TPSA) is 100 Å². The summed E-state index contributed by atoms with van der Waals surface area (Å²) in [6.45, 7) is 3.14. The lowest BCUT2D eigenvalue weighted by molar-refractivity contribution is 0.0740. The van der Waals surface area contributed by atoms with E-state index in [1.165, 1.54) is 0 Å². The van der Waals surface area contributed by atoms with Gasteiger partial charge in [-0.1, -0.05) is 0 Å². The third-order valence-electron chi connectivity index (χ3n) is 4.48. The standard InChI is InChI=1S/C19H20N8O/c28-17(26-10-12-27(13-11-26)19-22-5-1-6-23-19)16-4-9-21-18(25-16)24-14-15-2-7-20-8-3-15/h1-9H,10-14H2,(H,21,24,25). The van der Waals surface area contributed by atoms with Crippen LogP contribution in [0, 0.1) is 0 Å². The summed E-state index contributed by atoms with van der Waals surface area (Å²) in [5.74, 6) is 1.03. The van der Waals surface area contributed by atoms with Crippen LogP contribution in [0.5, 0.6) is 0 Å². The first kappa shape index (κ1) is 17.8. The Kier molecular flexibility index (Phi) is 5.32. The van der Waals surface area contributed by atoms with Crippen LogP contribution in [-0.2, 0) is 6.54 Å². The molecular formula is C19H20N8O. The van der Waals surface area contributed by atoms with Gasteiger partial charge in [0.2, 0.25) is 11.9 Å². The third kappa shape index (κ3) is 4.20. The molecule has 28 heavy (non-hydrogen) atoms. The molecule has 9 nitrogen and oxygen atoms in total. The second-order valence-electron chi connectivity index (χ2n) is 6.30. The Morgan fingerprint density at radius 2 is 1.68 bits per heavy atom. The minimum absolute atomic E-state index is 0.0945. The van der Waals surface area contributed by atoms with E-state index in [4.69, 9.17) is 0 Å². The van der Waals surface area contributed by atoms with Gasteiger partial charge in [-0.2, -0.15) is 0 Å². The molecule has 9 heteroatoms. The van der Waals surface area contributed by atoms with Crippen LogP contribution in [0.25, 0.3) is 0 Å². The lowest BCUT2D eigenvalue weighted by Crippen LogP contribution is -2.49. The van der Waals surface area contributed by atoms with E-state index < -0.39 is 0 Å².